The Morgan fingerprint density at radius 2 is 2.20 bits per heavy atom. The van der Waals surface area contributed by atoms with Crippen molar-refractivity contribution < 1.29 is 14.3 Å². The summed E-state index contributed by atoms with van der Waals surface area (Å²) in [6, 6.07) is 3.25. The standard InChI is InChI=1S/C14H19ClN2O3/c1-19-10-4-3-5-17(8-10)13-11(14(18)20-2)6-9(16)7-12(13)15/h6-7,10H,3-5,8,16H2,1-2H3. The van der Waals surface area contributed by atoms with Gasteiger partial charge in [0.2, 0.25) is 0 Å². The van der Waals surface area contributed by atoms with Crippen LogP contribution >= 0.6 is 11.6 Å². The number of nitrogens with two attached hydrogens (primary N) is 1. The van der Waals surface area contributed by atoms with Gasteiger partial charge in [-0.1, -0.05) is 11.6 Å². The summed E-state index contributed by atoms with van der Waals surface area (Å²) in [5.41, 5.74) is 7.29. The summed E-state index contributed by atoms with van der Waals surface area (Å²) in [7, 11) is 3.04. The maximum absolute atomic E-state index is 11.9. The second-order valence-electron chi connectivity index (χ2n) is 4.84. The van der Waals surface area contributed by atoms with Crippen LogP contribution in [0.2, 0.25) is 5.02 Å². The van der Waals surface area contributed by atoms with E-state index in [1.165, 1.54) is 7.11 Å². The van der Waals surface area contributed by atoms with Crippen molar-refractivity contribution in [1.82, 2.24) is 0 Å². The topological polar surface area (TPSA) is 64.8 Å². The van der Waals surface area contributed by atoms with Gasteiger partial charge in [0.1, 0.15) is 0 Å². The average Bonchev–Trinajstić information content (AvgIpc) is 2.45. The van der Waals surface area contributed by atoms with Gasteiger partial charge in [-0.3, -0.25) is 0 Å². The lowest BCUT2D eigenvalue weighted by Gasteiger charge is -2.35. The van der Waals surface area contributed by atoms with E-state index in [4.69, 9.17) is 26.8 Å². The molecule has 0 bridgehead atoms. The number of ether oxygens (including phenoxy) is 2. The molecule has 6 heteroatoms. The van der Waals surface area contributed by atoms with E-state index in [2.05, 4.69) is 4.90 Å². The second-order valence-corrected chi connectivity index (χ2v) is 5.24. The second kappa shape index (κ2) is 6.33. The van der Waals surface area contributed by atoms with Crippen LogP contribution < -0.4 is 10.6 Å². The average molecular weight is 299 g/mol. The Kier molecular flexibility index (Phi) is 4.73. The van der Waals surface area contributed by atoms with Gasteiger partial charge in [0.25, 0.3) is 0 Å². The molecular formula is C14H19ClN2O3. The zero-order chi connectivity index (χ0) is 14.7. The molecule has 1 heterocycles. The molecule has 0 aliphatic carbocycles. The molecule has 1 atom stereocenters. The number of halogens is 1. The van der Waals surface area contributed by atoms with Gasteiger partial charge in [0.15, 0.2) is 0 Å². The van der Waals surface area contributed by atoms with E-state index in [-0.39, 0.29) is 6.10 Å². The highest BCUT2D eigenvalue weighted by Gasteiger charge is 2.26. The third kappa shape index (κ3) is 2.99. The Labute approximate surface area is 123 Å². The summed E-state index contributed by atoms with van der Waals surface area (Å²) >= 11 is 6.29. The number of carbonyl (C=O) groups excluding carboxylic acids is 1. The molecule has 0 saturated carbocycles. The molecule has 2 rings (SSSR count). The molecule has 1 saturated heterocycles. The van der Waals surface area contributed by atoms with E-state index in [1.807, 2.05) is 0 Å². The quantitative estimate of drug-likeness (QED) is 0.685. The normalized spacial score (nSPS) is 18.9. The lowest BCUT2D eigenvalue weighted by molar-refractivity contribution is 0.0600. The summed E-state index contributed by atoms with van der Waals surface area (Å²) in [5.74, 6) is -0.436. The van der Waals surface area contributed by atoms with Crippen molar-refractivity contribution in [2.24, 2.45) is 0 Å². The molecular weight excluding hydrogens is 280 g/mol. The maximum atomic E-state index is 11.9. The molecule has 0 amide bonds. The zero-order valence-corrected chi connectivity index (χ0v) is 12.4. The van der Waals surface area contributed by atoms with Crippen molar-refractivity contribution in [3.63, 3.8) is 0 Å². The van der Waals surface area contributed by atoms with Crippen LogP contribution in [0.3, 0.4) is 0 Å². The molecule has 1 unspecified atom stereocenters. The van der Waals surface area contributed by atoms with E-state index in [0.717, 1.165) is 19.4 Å². The first-order valence-corrected chi connectivity index (χ1v) is 6.89. The fourth-order valence-electron chi connectivity index (χ4n) is 2.54. The SMILES string of the molecule is COC(=O)c1cc(N)cc(Cl)c1N1CCCC(OC)C1. The Hall–Kier alpha value is -1.46. The maximum Gasteiger partial charge on any atom is 0.340 e. The number of benzene rings is 1. The number of nitrogens with zero attached hydrogens (tertiary/aromatic N) is 1. The first-order chi connectivity index (χ1) is 9.56. The first kappa shape index (κ1) is 14.9. The minimum absolute atomic E-state index is 0.142. The van der Waals surface area contributed by atoms with Crippen molar-refractivity contribution in [2.45, 2.75) is 18.9 Å². The van der Waals surface area contributed by atoms with E-state index in [0.29, 0.717) is 28.5 Å². The van der Waals surface area contributed by atoms with Crippen molar-refractivity contribution in [2.75, 3.05) is 37.9 Å². The summed E-state index contributed by atoms with van der Waals surface area (Å²) < 4.78 is 10.2. The fraction of sp³-hybridized carbons (Fsp3) is 0.500. The van der Waals surface area contributed by atoms with Crippen LogP contribution in [-0.4, -0.2) is 39.4 Å². The largest absolute Gasteiger partial charge is 0.465 e. The number of rotatable bonds is 3. The summed E-state index contributed by atoms with van der Waals surface area (Å²) in [6.45, 7) is 1.53. The van der Waals surface area contributed by atoms with Crippen molar-refractivity contribution in [3.05, 3.63) is 22.7 Å². The number of carbonyl (C=O) groups is 1. The number of piperidine rings is 1. The van der Waals surface area contributed by atoms with E-state index >= 15 is 0 Å². The molecule has 1 aromatic carbocycles. The van der Waals surface area contributed by atoms with Gasteiger partial charge in [-0.25, -0.2) is 4.79 Å². The highest BCUT2D eigenvalue weighted by Crippen LogP contribution is 2.35. The molecule has 0 aromatic heterocycles. The summed E-state index contributed by atoms with van der Waals surface area (Å²) in [4.78, 5) is 14.0. The molecule has 110 valence electrons. The highest BCUT2D eigenvalue weighted by atomic mass is 35.5. The molecule has 5 nitrogen and oxygen atoms in total. The van der Waals surface area contributed by atoms with Crippen molar-refractivity contribution in [1.29, 1.82) is 0 Å². The van der Waals surface area contributed by atoms with E-state index in [1.54, 1.807) is 19.2 Å². The summed E-state index contributed by atoms with van der Waals surface area (Å²) in [6.07, 6.45) is 2.13. The molecule has 0 radical (unpaired) electrons. The smallest absolute Gasteiger partial charge is 0.340 e. The zero-order valence-electron chi connectivity index (χ0n) is 11.7. The van der Waals surface area contributed by atoms with Crippen LogP contribution in [0.25, 0.3) is 0 Å². The molecule has 1 aliphatic rings. The lowest BCUT2D eigenvalue weighted by Crippen LogP contribution is -2.40. The van der Waals surface area contributed by atoms with Gasteiger partial charge < -0.3 is 20.1 Å². The minimum atomic E-state index is -0.436. The van der Waals surface area contributed by atoms with Gasteiger partial charge in [0, 0.05) is 25.9 Å². The Bertz CT molecular complexity index is 507. The van der Waals surface area contributed by atoms with Crippen LogP contribution in [0.4, 0.5) is 11.4 Å². The van der Waals surface area contributed by atoms with Crippen molar-refractivity contribution in [3.8, 4) is 0 Å². The molecule has 1 aromatic rings. The van der Waals surface area contributed by atoms with Crippen LogP contribution in [0.1, 0.15) is 23.2 Å². The highest BCUT2D eigenvalue weighted by molar-refractivity contribution is 6.34. The monoisotopic (exact) mass is 298 g/mol. The van der Waals surface area contributed by atoms with Crippen molar-refractivity contribution >= 4 is 28.9 Å². The third-order valence-corrected chi connectivity index (χ3v) is 3.81. The Balaban J connectivity index is 2.41. The van der Waals surface area contributed by atoms with Gasteiger partial charge >= 0.3 is 5.97 Å². The molecule has 2 N–H and O–H groups in total. The number of methoxy groups -OCH3 is 2. The molecule has 1 aliphatic heterocycles. The predicted octanol–water partition coefficient (Wildman–Crippen LogP) is 2.32. The number of hydrogen-bond donors (Lipinski definition) is 1. The Morgan fingerprint density at radius 3 is 2.85 bits per heavy atom. The Morgan fingerprint density at radius 1 is 1.45 bits per heavy atom. The number of hydrogen-bond acceptors (Lipinski definition) is 5. The summed E-state index contributed by atoms with van der Waals surface area (Å²) in [5, 5.41) is 0.460. The molecule has 0 spiro atoms. The van der Waals surface area contributed by atoms with Gasteiger partial charge in [-0.05, 0) is 25.0 Å². The van der Waals surface area contributed by atoms with Crippen LogP contribution in [-0.2, 0) is 9.47 Å². The predicted molar refractivity (Wildman–Crippen MR) is 79.4 cm³/mol. The lowest BCUT2D eigenvalue weighted by atomic mass is 10.0. The number of anilines is 2. The van der Waals surface area contributed by atoms with Gasteiger partial charge in [0.05, 0.1) is 29.5 Å². The van der Waals surface area contributed by atoms with Crippen LogP contribution in [0.5, 0.6) is 0 Å². The van der Waals surface area contributed by atoms with Crippen LogP contribution in [0.15, 0.2) is 12.1 Å². The minimum Gasteiger partial charge on any atom is -0.465 e. The van der Waals surface area contributed by atoms with Gasteiger partial charge in [-0.2, -0.15) is 0 Å². The number of esters is 1. The fourth-order valence-corrected chi connectivity index (χ4v) is 2.89. The van der Waals surface area contributed by atoms with E-state index in [9.17, 15) is 4.79 Å². The molecule has 1 fully saturated rings. The third-order valence-electron chi connectivity index (χ3n) is 3.52. The van der Waals surface area contributed by atoms with E-state index < -0.39 is 5.97 Å². The first-order valence-electron chi connectivity index (χ1n) is 6.52. The number of nitrogen functional groups attached to an aromatic ring is 1. The van der Waals surface area contributed by atoms with Crippen LogP contribution in [0, 0.1) is 0 Å². The van der Waals surface area contributed by atoms with Gasteiger partial charge in [-0.15, -0.1) is 0 Å². The molecule has 20 heavy (non-hydrogen) atoms.